The van der Waals surface area contributed by atoms with Crippen LogP contribution < -0.4 is 5.32 Å². The van der Waals surface area contributed by atoms with E-state index in [9.17, 15) is 9.59 Å². The minimum absolute atomic E-state index is 0.0301. The molecule has 2 amide bonds. The second-order valence-electron chi connectivity index (χ2n) is 5.93. The largest absolute Gasteiger partial charge is 0.396 e. The van der Waals surface area contributed by atoms with Gasteiger partial charge in [-0.05, 0) is 48.9 Å². The van der Waals surface area contributed by atoms with Gasteiger partial charge in [0.15, 0.2) is 0 Å². The molecule has 1 heterocycles. The summed E-state index contributed by atoms with van der Waals surface area (Å²) in [5.41, 5.74) is 1.20. The van der Waals surface area contributed by atoms with Crippen LogP contribution in [0.4, 0.5) is 5.69 Å². The molecule has 2 rings (SSSR count). The molecule has 1 aromatic carbocycles. The summed E-state index contributed by atoms with van der Waals surface area (Å²) in [6.45, 7) is 0.908. The molecule has 0 bridgehead atoms. The van der Waals surface area contributed by atoms with Gasteiger partial charge in [-0.1, -0.05) is 5.92 Å². The number of carbonyl (C=O) groups is 2. The molecule has 6 nitrogen and oxygen atoms in total. The average Bonchev–Trinajstić information content (AvgIpc) is 2.98. The van der Waals surface area contributed by atoms with Crippen LogP contribution in [0.2, 0.25) is 0 Å². The third-order valence-corrected chi connectivity index (χ3v) is 4.37. The Morgan fingerprint density at radius 2 is 1.67 bits per heavy atom. The Balaban J connectivity index is 1.97. The molecule has 1 aliphatic rings. The van der Waals surface area contributed by atoms with E-state index in [-0.39, 0.29) is 25.0 Å². The van der Waals surface area contributed by atoms with Gasteiger partial charge in [0.2, 0.25) is 0 Å². The minimum atomic E-state index is -0.698. The number of hydrogen-bond donors (Lipinski definition) is 3. The summed E-state index contributed by atoms with van der Waals surface area (Å²) >= 11 is 0. The summed E-state index contributed by atoms with van der Waals surface area (Å²) in [6.07, 6.45) is 6.39. The SMILES string of the molecule is C#Cc1ccc(NC(=O)C(=O)N2C[C@@H](CCO)[C@@H](CCO)C2)cc1. The molecule has 0 saturated carbocycles. The Hall–Kier alpha value is -2.36. The maximum absolute atomic E-state index is 12.3. The van der Waals surface area contributed by atoms with E-state index in [1.165, 1.54) is 4.90 Å². The van der Waals surface area contributed by atoms with Gasteiger partial charge in [0.1, 0.15) is 0 Å². The minimum Gasteiger partial charge on any atom is -0.396 e. The molecule has 1 aromatic rings. The van der Waals surface area contributed by atoms with Gasteiger partial charge in [-0.15, -0.1) is 6.42 Å². The fourth-order valence-corrected chi connectivity index (χ4v) is 3.07. The number of aliphatic hydroxyl groups is 2. The normalized spacial score (nSPS) is 19.8. The summed E-state index contributed by atoms with van der Waals surface area (Å²) in [5, 5.41) is 20.8. The highest BCUT2D eigenvalue weighted by Crippen LogP contribution is 2.28. The zero-order valence-electron chi connectivity index (χ0n) is 13.4. The molecule has 3 N–H and O–H groups in total. The average molecular weight is 330 g/mol. The molecule has 24 heavy (non-hydrogen) atoms. The third kappa shape index (κ3) is 4.34. The number of terminal acetylenes is 1. The van der Waals surface area contributed by atoms with Crippen LogP contribution in [0.15, 0.2) is 24.3 Å². The molecular weight excluding hydrogens is 308 g/mol. The number of amides is 2. The molecule has 1 saturated heterocycles. The number of aliphatic hydroxyl groups excluding tert-OH is 2. The molecule has 1 aliphatic heterocycles. The Morgan fingerprint density at radius 1 is 1.12 bits per heavy atom. The van der Waals surface area contributed by atoms with Crippen LogP contribution in [0.5, 0.6) is 0 Å². The summed E-state index contributed by atoms with van der Waals surface area (Å²) in [6, 6.07) is 6.66. The second-order valence-corrected chi connectivity index (χ2v) is 5.93. The van der Waals surface area contributed by atoms with E-state index in [1.807, 2.05) is 0 Å². The number of anilines is 1. The molecule has 0 spiro atoms. The fraction of sp³-hybridized carbons (Fsp3) is 0.444. The van der Waals surface area contributed by atoms with Crippen molar-refractivity contribution in [3.8, 4) is 12.3 Å². The zero-order chi connectivity index (χ0) is 17.5. The molecule has 0 aliphatic carbocycles. The lowest BCUT2D eigenvalue weighted by Gasteiger charge is -2.15. The van der Waals surface area contributed by atoms with Gasteiger partial charge in [0.25, 0.3) is 0 Å². The maximum Gasteiger partial charge on any atom is 0.313 e. The Kier molecular flexibility index (Phi) is 6.36. The first-order valence-electron chi connectivity index (χ1n) is 7.97. The van der Waals surface area contributed by atoms with Crippen molar-refractivity contribution in [1.29, 1.82) is 0 Å². The van der Waals surface area contributed by atoms with E-state index in [1.54, 1.807) is 24.3 Å². The van der Waals surface area contributed by atoms with Gasteiger partial charge in [0.05, 0.1) is 0 Å². The summed E-state index contributed by atoms with van der Waals surface area (Å²) in [4.78, 5) is 26.0. The van der Waals surface area contributed by atoms with Crippen molar-refractivity contribution in [3.05, 3.63) is 29.8 Å². The van der Waals surface area contributed by atoms with E-state index in [2.05, 4.69) is 11.2 Å². The van der Waals surface area contributed by atoms with Crippen LogP contribution in [0.1, 0.15) is 18.4 Å². The van der Waals surface area contributed by atoms with Crippen LogP contribution in [0.3, 0.4) is 0 Å². The van der Waals surface area contributed by atoms with Crippen molar-refractivity contribution in [2.24, 2.45) is 11.8 Å². The zero-order valence-corrected chi connectivity index (χ0v) is 13.4. The fourth-order valence-electron chi connectivity index (χ4n) is 3.07. The van der Waals surface area contributed by atoms with E-state index in [0.717, 1.165) is 0 Å². The predicted molar refractivity (Wildman–Crippen MR) is 90.0 cm³/mol. The number of carbonyl (C=O) groups excluding carboxylic acids is 2. The standard InChI is InChI=1S/C18H22N2O4/c1-2-13-3-5-16(6-4-13)19-17(23)18(24)20-11-14(7-9-21)15(12-20)8-10-22/h1,3-6,14-15,21-22H,7-12H2,(H,19,23)/t14-,15+. The van der Waals surface area contributed by atoms with Crippen molar-refractivity contribution in [1.82, 2.24) is 4.90 Å². The van der Waals surface area contributed by atoms with E-state index >= 15 is 0 Å². The van der Waals surface area contributed by atoms with Gasteiger partial charge in [-0.2, -0.15) is 0 Å². The van der Waals surface area contributed by atoms with Crippen molar-refractivity contribution in [2.45, 2.75) is 12.8 Å². The van der Waals surface area contributed by atoms with Gasteiger partial charge in [-0.3, -0.25) is 9.59 Å². The highest BCUT2D eigenvalue weighted by molar-refractivity contribution is 6.39. The van der Waals surface area contributed by atoms with E-state index in [0.29, 0.717) is 37.2 Å². The Morgan fingerprint density at radius 3 is 2.12 bits per heavy atom. The smallest absolute Gasteiger partial charge is 0.313 e. The van der Waals surface area contributed by atoms with Crippen LogP contribution in [-0.2, 0) is 9.59 Å². The highest BCUT2D eigenvalue weighted by atomic mass is 16.3. The van der Waals surface area contributed by atoms with Crippen LogP contribution >= 0.6 is 0 Å². The van der Waals surface area contributed by atoms with Crippen molar-refractivity contribution in [3.63, 3.8) is 0 Å². The third-order valence-electron chi connectivity index (χ3n) is 4.37. The van der Waals surface area contributed by atoms with Gasteiger partial charge >= 0.3 is 11.8 Å². The van der Waals surface area contributed by atoms with Gasteiger partial charge in [-0.25, -0.2) is 0 Å². The number of nitrogens with zero attached hydrogens (tertiary/aromatic N) is 1. The van der Waals surface area contributed by atoms with Gasteiger partial charge < -0.3 is 20.4 Å². The first-order chi connectivity index (χ1) is 11.6. The van der Waals surface area contributed by atoms with Crippen molar-refractivity contribution in [2.75, 3.05) is 31.6 Å². The first-order valence-corrected chi connectivity index (χ1v) is 7.97. The van der Waals surface area contributed by atoms with Gasteiger partial charge in [0, 0.05) is 37.6 Å². The van der Waals surface area contributed by atoms with Crippen LogP contribution in [0, 0.1) is 24.2 Å². The van der Waals surface area contributed by atoms with Crippen molar-refractivity contribution < 1.29 is 19.8 Å². The number of benzene rings is 1. The topological polar surface area (TPSA) is 89.9 Å². The monoisotopic (exact) mass is 330 g/mol. The molecule has 2 atom stereocenters. The predicted octanol–water partition coefficient (Wildman–Crippen LogP) is 0.446. The Labute approximate surface area is 141 Å². The lowest BCUT2D eigenvalue weighted by Crippen LogP contribution is -2.38. The number of rotatable bonds is 5. The first kappa shape index (κ1) is 18.0. The summed E-state index contributed by atoms with van der Waals surface area (Å²) in [5.74, 6) is 1.39. The Bertz CT molecular complexity index is 607. The summed E-state index contributed by atoms with van der Waals surface area (Å²) < 4.78 is 0. The molecule has 0 aromatic heterocycles. The molecule has 128 valence electrons. The molecular formula is C18H22N2O4. The van der Waals surface area contributed by atoms with Crippen LogP contribution in [-0.4, -0.2) is 53.2 Å². The lowest BCUT2D eigenvalue weighted by molar-refractivity contribution is -0.142. The summed E-state index contributed by atoms with van der Waals surface area (Å²) in [7, 11) is 0. The van der Waals surface area contributed by atoms with Crippen molar-refractivity contribution >= 4 is 17.5 Å². The highest BCUT2D eigenvalue weighted by Gasteiger charge is 2.36. The number of nitrogens with one attached hydrogen (secondary N) is 1. The lowest BCUT2D eigenvalue weighted by atomic mass is 9.91. The maximum atomic E-state index is 12.3. The molecule has 0 unspecified atom stereocenters. The number of hydrogen-bond acceptors (Lipinski definition) is 4. The van der Waals surface area contributed by atoms with Crippen LogP contribution in [0.25, 0.3) is 0 Å². The molecule has 0 radical (unpaired) electrons. The second kappa shape index (κ2) is 8.48. The number of likely N-dealkylation sites (tertiary alicyclic amines) is 1. The molecule has 6 heteroatoms. The van der Waals surface area contributed by atoms with E-state index < -0.39 is 11.8 Å². The quantitative estimate of drug-likeness (QED) is 0.540. The van der Waals surface area contributed by atoms with E-state index in [4.69, 9.17) is 16.6 Å². The molecule has 1 fully saturated rings.